The Bertz CT molecular complexity index is 1480. The molecule has 11 heteroatoms. The van der Waals surface area contributed by atoms with Gasteiger partial charge < -0.3 is 14.8 Å². The number of anilines is 2. The van der Waals surface area contributed by atoms with Crippen molar-refractivity contribution in [1.82, 2.24) is 9.97 Å². The van der Waals surface area contributed by atoms with Crippen LogP contribution in [0.15, 0.2) is 60.7 Å². The zero-order valence-electron chi connectivity index (χ0n) is 17.9. The van der Waals surface area contributed by atoms with Crippen molar-refractivity contribution in [1.29, 1.82) is 0 Å². The lowest BCUT2D eigenvalue weighted by Gasteiger charge is -2.35. The van der Waals surface area contributed by atoms with Crippen LogP contribution >= 0.6 is 11.6 Å². The first-order chi connectivity index (χ1) is 16.8. The number of ether oxygens (including phenoxy) is 1. The number of hydrogen-bond acceptors (Lipinski definition) is 5. The number of fused-ring (bicyclic) bond motifs is 2. The van der Waals surface area contributed by atoms with Crippen LogP contribution in [0.3, 0.4) is 0 Å². The van der Waals surface area contributed by atoms with Crippen molar-refractivity contribution in [2.75, 3.05) is 23.5 Å². The van der Waals surface area contributed by atoms with Crippen molar-refractivity contribution >= 4 is 46.3 Å². The molecule has 0 radical (unpaired) electrons. The largest absolute Gasteiger partial charge is 0.446 e. The molecule has 2 amide bonds. The van der Waals surface area contributed by atoms with Crippen molar-refractivity contribution in [2.45, 2.75) is 5.72 Å². The van der Waals surface area contributed by atoms with E-state index in [0.717, 1.165) is 4.90 Å². The number of aliphatic hydroxyl groups is 1. The number of rotatable bonds is 5. The van der Waals surface area contributed by atoms with Crippen LogP contribution < -0.4 is 10.2 Å². The smallest absolute Gasteiger partial charge is 0.414 e. The second kappa shape index (κ2) is 8.64. The summed E-state index contributed by atoms with van der Waals surface area (Å²) in [5, 5.41) is 14.2. The summed E-state index contributed by atoms with van der Waals surface area (Å²) >= 11 is 5.97. The van der Waals surface area contributed by atoms with Crippen LogP contribution in [0.4, 0.5) is 25.2 Å². The first kappa shape index (κ1) is 22.8. The molecule has 178 valence electrons. The van der Waals surface area contributed by atoms with Crippen molar-refractivity contribution in [3.63, 3.8) is 0 Å². The molecule has 0 bridgehead atoms. The summed E-state index contributed by atoms with van der Waals surface area (Å²) in [6.45, 7) is -1.22. The molecule has 3 aromatic carbocycles. The van der Waals surface area contributed by atoms with Gasteiger partial charge in [0.05, 0.1) is 21.7 Å². The molecule has 2 heterocycles. The fourth-order valence-corrected chi connectivity index (χ4v) is 4.31. The lowest BCUT2D eigenvalue weighted by molar-refractivity contribution is 0.0699. The highest BCUT2D eigenvalue weighted by Gasteiger charge is 2.51. The third-order valence-corrected chi connectivity index (χ3v) is 5.94. The van der Waals surface area contributed by atoms with Gasteiger partial charge in [-0.05, 0) is 30.3 Å². The molecule has 0 fully saturated rings. The van der Waals surface area contributed by atoms with E-state index in [1.807, 2.05) is 0 Å². The van der Waals surface area contributed by atoms with Gasteiger partial charge in [0, 0.05) is 16.7 Å². The van der Waals surface area contributed by atoms with Gasteiger partial charge in [-0.3, -0.25) is 15.0 Å². The SMILES string of the molecule is O=C(Nc1nc2ccc(C3(O)c4ccccc4C(=O)N3c3cccc(Cl)c3F)cc2[nH]1)OCCF. The van der Waals surface area contributed by atoms with Crippen LogP contribution in [-0.4, -0.2) is 40.4 Å². The van der Waals surface area contributed by atoms with Gasteiger partial charge in [0.25, 0.3) is 5.91 Å². The van der Waals surface area contributed by atoms with E-state index in [0.29, 0.717) is 11.0 Å². The van der Waals surface area contributed by atoms with Crippen molar-refractivity contribution < 1.29 is 28.2 Å². The number of amides is 2. The molecule has 8 nitrogen and oxygen atoms in total. The van der Waals surface area contributed by atoms with Gasteiger partial charge >= 0.3 is 6.09 Å². The zero-order valence-corrected chi connectivity index (χ0v) is 18.6. The Kier molecular flexibility index (Phi) is 5.62. The van der Waals surface area contributed by atoms with Crippen molar-refractivity contribution in [3.05, 3.63) is 88.2 Å². The maximum Gasteiger partial charge on any atom is 0.414 e. The number of benzene rings is 3. The number of H-pyrrole nitrogens is 1. The maximum absolute atomic E-state index is 15.0. The molecule has 0 saturated carbocycles. The molecule has 1 unspecified atom stereocenters. The van der Waals surface area contributed by atoms with E-state index < -0.39 is 36.8 Å². The Morgan fingerprint density at radius 3 is 2.80 bits per heavy atom. The van der Waals surface area contributed by atoms with Crippen LogP contribution in [0.5, 0.6) is 0 Å². The predicted octanol–water partition coefficient (Wildman–Crippen LogP) is 4.73. The molecular weight excluding hydrogens is 482 g/mol. The Morgan fingerprint density at radius 1 is 1.20 bits per heavy atom. The minimum Gasteiger partial charge on any atom is -0.446 e. The van der Waals surface area contributed by atoms with Gasteiger partial charge in [-0.2, -0.15) is 0 Å². The Balaban J connectivity index is 1.62. The van der Waals surface area contributed by atoms with E-state index >= 15 is 4.39 Å². The average Bonchev–Trinajstić information content (AvgIpc) is 3.35. The molecule has 4 aromatic rings. The Morgan fingerprint density at radius 2 is 2.00 bits per heavy atom. The number of carbonyl (C=O) groups excluding carboxylic acids is 2. The molecule has 35 heavy (non-hydrogen) atoms. The third-order valence-electron chi connectivity index (χ3n) is 5.65. The molecule has 1 aliphatic rings. The van der Waals surface area contributed by atoms with E-state index in [1.54, 1.807) is 36.4 Å². The number of halogens is 3. The highest BCUT2D eigenvalue weighted by Crippen LogP contribution is 2.46. The minimum atomic E-state index is -2.08. The summed E-state index contributed by atoms with van der Waals surface area (Å²) in [7, 11) is 0. The highest BCUT2D eigenvalue weighted by atomic mass is 35.5. The molecule has 0 aliphatic carbocycles. The van der Waals surface area contributed by atoms with Crippen molar-refractivity contribution in [2.24, 2.45) is 0 Å². The molecule has 1 aliphatic heterocycles. The van der Waals surface area contributed by atoms with E-state index in [2.05, 4.69) is 20.0 Å². The molecule has 3 N–H and O–H groups in total. The first-order valence-electron chi connectivity index (χ1n) is 10.4. The molecule has 5 rings (SSSR count). The summed E-state index contributed by atoms with van der Waals surface area (Å²) in [5.74, 6) is -1.42. The second-order valence-corrected chi connectivity index (χ2v) is 8.11. The fourth-order valence-electron chi connectivity index (χ4n) is 4.14. The fraction of sp³-hybridized carbons (Fsp3) is 0.125. The Labute approximate surface area is 202 Å². The minimum absolute atomic E-state index is 0.0358. The monoisotopic (exact) mass is 498 g/mol. The summed E-state index contributed by atoms with van der Waals surface area (Å²) < 4.78 is 31.9. The molecule has 0 saturated heterocycles. The van der Waals surface area contributed by atoms with Crippen LogP contribution in [0, 0.1) is 5.82 Å². The van der Waals surface area contributed by atoms with E-state index in [4.69, 9.17) is 11.6 Å². The average molecular weight is 499 g/mol. The number of imidazole rings is 1. The number of nitrogens with zero attached hydrogens (tertiary/aromatic N) is 2. The maximum atomic E-state index is 15.0. The first-order valence-corrected chi connectivity index (χ1v) is 10.8. The van der Waals surface area contributed by atoms with Gasteiger partial charge in [-0.1, -0.05) is 41.9 Å². The molecule has 0 spiro atoms. The van der Waals surface area contributed by atoms with E-state index in [1.165, 1.54) is 24.3 Å². The lowest BCUT2D eigenvalue weighted by Crippen LogP contribution is -2.45. The summed E-state index contributed by atoms with van der Waals surface area (Å²) in [6.07, 6.45) is -0.890. The van der Waals surface area contributed by atoms with Crippen LogP contribution in [-0.2, 0) is 10.5 Å². The molecule has 1 atom stereocenters. The topological polar surface area (TPSA) is 108 Å². The summed E-state index contributed by atoms with van der Waals surface area (Å²) in [6, 6.07) is 15.3. The highest BCUT2D eigenvalue weighted by molar-refractivity contribution is 6.31. The summed E-state index contributed by atoms with van der Waals surface area (Å²) in [5.41, 5.74) is -0.738. The number of alkyl halides is 1. The zero-order chi connectivity index (χ0) is 24.7. The van der Waals surface area contributed by atoms with Gasteiger partial charge in [-0.25, -0.2) is 18.6 Å². The van der Waals surface area contributed by atoms with Crippen LogP contribution in [0.1, 0.15) is 21.5 Å². The number of hydrogen-bond donors (Lipinski definition) is 3. The second-order valence-electron chi connectivity index (χ2n) is 7.70. The molecule has 1 aromatic heterocycles. The number of aromatic nitrogens is 2. The Hall–Kier alpha value is -4.02. The van der Waals surface area contributed by atoms with Gasteiger partial charge in [0.2, 0.25) is 5.95 Å². The third kappa shape index (κ3) is 3.67. The van der Waals surface area contributed by atoms with Gasteiger partial charge in [0.15, 0.2) is 11.5 Å². The lowest BCUT2D eigenvalue weighted by atomic mass is 9.93. The quantitative estimate of drug-likeness (QED) is 0.369. The summed E-state index contributed by atoms with van der Waals surface area (Å²) in [4.78, 5) is 33.1. The van der Waals surface area contributed by atoms with E-state index in [-0.39, 0.29) is 33.3 Å². The normalized spacial score (nSPS) is 17.0. The van der Waals surface area contributed by atoms with Crippen molar-refractivity contribution in [3.8, 4) is 0 Å². The van der Waals surface area contributed by atoms with Crippen LogP contribution in [0.2, 0.25) is 5.02 Å². The van der Waals surface area contributed by atoms with Gasteiger partial charge in [-0.15, -0.1) is 0 Å². The standard InChI is InChI=1S/C24H17ClF2N4O4/c25-16-6-3-7-19(20(16)27)31-21(32)14-4-1-2-5-15(14)24(31,34)13-8-9-17-18(12-13)29-22(28-17)30-23(33)35-11-10-26/h1-9,12,34H,10-11H2,(H2,28,29,30,33). The number of nitrogens with one attached hydrogen (secondary N) is 2. The van der Waals surface area contributed by atoms with E-state index in [9.17, 15) is 19.1 Å². The number of aromatic amines is 1. The van der Waals surface area contributed by atoms with Gasteiger partial charge in [0.1, 0.15) is 13.3 Å². The number of carbonyl (C=O) groups is 2. The molecular formula is C24H17ClF2N4O4. The van der Waals surface area contributed by atoms with Crippen LogP contribution in [0.25, 0.3) is 11.0 Å². The predicted molar refractivity (Wildman–Crippen MR) is 125 cm³/mol.